The van der Waals surface area contributed by atoms with Gasteiger partial charge in [0.1, 0.15) is 10.6 Å². The first-order valence-corrected chi connectivity index (χ1v) is 7.69. The van der Waals surface area contributed by atoms with Gasteiger partial charge in [-0.3, -0.25) is 0 Å². The maximum absolute atomic E-state index is 6.20. The monoisotopic (exact) mass is 281 g/mol. The fraction of sp³-hybridized carbons (Fsp3) is 0.250. The van der Waals surface area contributed by atoms with Crippen LogP contribution in [0.25, 0.3) is 21.6 Å². The maximum Gasteiger partial charge on any atom is 0.163 e. The summed E-state index contributed by atoms with van der Waals surface area (Å²) in [6, 6.07) is 8.26. The number of nitrogens with zero attached hydrogens (tertiary/aromatic N) is 2. The normalized spacial score (nSPS) is 13.8. The fourth-order valence-electron chi connectivity index (χ4n) is 2.86. The van der Waals surface area contributed by atoms with Gasteiger partial charge in [0.05, 0.1) is 5.39 Å². The van der Waals surface area contributed by atoms with Gasteiger partial charge in [-0.15, -0.1) is 11.3 Å². The number of rotatable bonds is 1. The van der Waals surface area contributed by atoms with Crippen molar-refractivity contribution >= 4 is 27.4 Å². The number of anilines is 1. The molecule has 0 aliphatic heterocycles. The first-order chi connectivity index (χ1) is 9.72. The molecule has 0 saturated carbocycles. The third kappa shape index (κ3) is 1.72. The van der Waals surface area contributed by atoms with Crippen LogP contribution in [-0.2, 0) is 12.8 Å². The Hall–Kier alpha value is -1.94. The molecule has 3 nitrogen and oxygen atoms in total. The van der Waals surface area contributed by atoms with Gasteiger partial charge in [0.15, 0.2) is 5.82 Å². The molecule has 20 heavy (non-hydrogen) atoms. The van der Waals surface area contributed by atoms with E-state index >= 15 is 0 Å². The summed E-state index contributed by atoms with van der Waals surface area (Å²) in [5.41, 5.74) is 9.84. The van der Waals surface area contributed by atoms with Crippen molar-refractivity contribution in [1.29, 1.82) is 0 Å². The van der Waals surface area contributed by atoms with E-state index in [0.717, 1.165) is 34.4 Å². The van der Waals surface area contributed by atoms with Gasteiger partial charge < -0.3 is 5.73 Å². The zero-order valence-corrected chi connectivity index (χ0v) is 12.1. The molecule has 1 aromatic carbocycles. The molecule has 0 spiro atoms. The van der Waals surface area contributed by atoms with Crippen LogP contribution in [-0.4, -0.2) is 9.97 Å². The fourth-order valence-corrected chi connectivity index (χ4v) is 4.12. The van der Waals surface area contributed by atoms with Crippen molar-refractivity contribution < 1.29 is 0 Å². The van der Waals surface area contributed by atoms with Crippen molar-refractivity contribution in [3.05, 3.63) is 40.3 Å². The highest BCUT2D eigenvalue weighted by molar-refractivity contribution is 7.19. The highest BCUT2D eigenvalue weighted by Crippen LogP contribution is 2.39. The van der Waals surface area contributed by atoms with Crippen molar-refractivity contribution in [3.63, 3.8) is 0 Å². The molecule has 0 bridgehead atoms. The smallest absolute Gasteiger partial charge is 0.163 e. The summed E-state index contributed by atoms with van der Waals surface area (Å²) in [6.45, 7) is 2.08. The van der Waals surface area contributed by atoms with E-state index in [4.69, 9.17) is 10.7 Å². The summed E-state index contributed by atoms with van der Waals surface area (Å²) in [5.74, 6) is 1.36. The van der Waals surface area contributed by atoms with E-state index in [1.54, 1.807) is 11.3 Å². The van der Waals surface area contributed by atoms with Gasteiger partial charge in [-0.25, -0.2) is 9.97 Å². The molecule has 2 heterocycles. The number of nitrogen functional groups attached to an aromatic ring is 1. The average Bonchev–Trinajstić information content (AvgIpc) is 2.99. The van der Waals surface area contributed by atoms with Crippen molar-refractivity contribution in [1.82, 2.24) is 9.97 Å². The van der Waals surface area contributed by atoms with E-state index in [-0.39, 0.29) is 0 Å². The second-order valence-electron chi connectivity index (χ2n) is 5.34. The lowest BCUT2D eigenvalue weighted by Crippen LogP contribution is -1.97. The van der Waals surface area contributed by atoms with Gasteiger partial charge in [-0.05, 0) is 31.7 Å². The van der Waals surface area contributed by atoms with Crippen LogP contribution in [0.15, 0.2) is 24.3 Å². The highest BCUT2D eigenvalue weighted by atomic mass is 32.1. The molecule has 0 atom stereocenters. The molecular weight excluding hydrogens is 266 g/mol. The molecule has 0 radical (unpaired) electrons. The molecule has 0 amide bonds. The van der Waals surface area contributed by atoms with Crippen molar-refractivity contribution in [2.75, 3.05) is 5.73 Å². The van der Waals surface area contributed by atoms with Gasteiger partial charge in [-0.1, -0.05) is 29.8 Å². The first-order valence-electron chi connectivity index (χ1n) is 6.87. The van der Waals surface area contributed by atoms with Gasteiger partial charge in [0.2, 0.25) is 0 Å². The SMILES string of the molecule is Cc1ccc(-c2nc(N)c3c4c(sc3n2)CCC4)cc1. The minimum atomic E-state index is 0.630. The summed E-state index contributed by atoms with van der Waals surface area (Å²) in [6.07, 6.45) is 3.51. The molecule has 4 heteroatoms. The number of aryl methyl sites for hydroxylation is 3. The van der Waals surface area contributed by atoms with Crippen LogP contribution in [0.4, 0.5) is 5.82 Å². The van der Waals surface area contributed by atoms with E-state index in [2.05, 4.69) is 36.2 Å². The van der Waals surface area contributed by atoms with Gasteiger partial charge in [-0.2, -0.15) is 0 Å². The Morgan fingerprint density at radius 2 is 1.90 bits per heavy atom. The zero-order valence-electron chi connectivity index (χ0n) is 11.3. The minimum Gasteiger partial charge on any atom is -0.383 e. The minimum absolute atomic E-state index is 0.630. The predicted molar refractivity (Wildman–Crippen MR) is 84.0 cm³/mol. The number of hydrogen-bond donors (Lipinski definition) is 1. The number of nitrogens with two attached hydrogens (primary N) is 1. The van der Waals surface area contributed by atoms with E-state index in [1.807, 2.05) is 0 Å². The van der Waals surface area contributed by atoms with E-state index in [1.165, 1.54) is 22.4 Å². The zero-order chi connectivity index (χ0) is 13.7. The van der Waals surface area contributed by atoms with E-state index in [9.17, 15) is 0 Å². The molecule has 0 unspecified atom stereocenters. The lowest BCUT2D eigenvalue weighted by Gasteiger charge is -2.04. The lowest BCUT2D eigenvalue weighted by molar-refractivity contribution is 0.917. The summed E-state index contributed by atoms with van der Waals surface area (Å²) >= 11 is 1.78. The Labute approximate surface area is 121 Å². The third-order valence-corrected chi connectivity index (χ3v) is 5.09. The van der Waals surface area contributed by atoms with Crippen LogP contribution in [0.5, 0.6) is 0 Å². The molecule has 100 valence electrons. The van der Waals surface area contributed by atoms with E-state index < -0.39 is 0 Å². The van der Waals surface area contributed by atoms with Gasteiger partial charge in [0.25, 0.3) is 0 Å². The van der Waals surface area contributed by atoms with Gasteiger partial charge >= 0.3 is 0 Å². The highest BCUT2D eigenvalue weighted by Gasteiger charge is 2.21. The Bertz CT molecular complexity index is 803. The molecular formula is C16H15N3S. The van der Waals surface area contributed by atoms with Crippen molar-refractivity contribution in [3.8, 4) is 11.4 Å². The van der Waals surface area contributed by atoms with Crippen LogP contribution in [0, 0.1) is 6.92 Å². The Morgan fingerprint density at radius 3 is 2.70 bits per heavy atom. The van der Waals surface area contributed by atoms with E-state index in [0.29, 0.717) is 5.82 Å². The Balaban J connectivity index is 1.92. The van der Waals surface area contributed by atoms with Crippen LogP contribution in [0.3, 0.4) is 0 Å². The summed E-state index contributed by atoms with van der Waals surface area (Å²) in [7, 11) is 0. The Kier molecular flexibility index (Phi) is 2.54. The average molecular weight is 281 g/mol. The molecule has 1 aliphatic rings. The topological polar surface area (TPSA) is 51.8 Å². The number of fused-ring (bicyclic) bond motifs is 3. The number of hydrogen-bond acceptors (Lipinski definition) is 4. The van der Waals surface area contributed by atoms with Crippen LogP contribution >= 0.6 is 11.3 Å². The molecule has 0 fully saturated rings. The second kappa shape index (κ2) is 4.28. The number of aromatic nitrogens is 2. The molecule has 0 saturated heterocycles. The molecule has 2 N–H and O–H groups in total. The second-order valence-corrected chi connectivity index (χ2v) is 6.42. The molecule has 4 rings (SSSR count). The van der Waals surface area contributed by atoms with Crippen LogP contribution < -0.4 is 5.73 Å². The molecule has 1 aliphatic carbocycles. The number of benzene rings is 1. The summed E-state index contributed by atoms with van der Waals surface area (Å²) < 4.78 is 0. The summed E-state index contributed by atoms with van der Waals surface area (Å²) in [4.78, 5) is 11.7. The van der Waals surface area contributed by atoms with Crippen LogP contribution in [0.2, 0.25) is 0 Å². The largest absolute Gasteiger partial charge is 0.383 e. The van der Waals surface area contributed by atoms with Crippen LogP contribution in [0.1, 0.15) is 22.4 Å². The Morgan fingerprint density at radius 1 is 1.10 bits per heavy atom. The quantitative estimate of drug-likeness (QED) is 0.739. The molecule has 3 aromatic rings. The third-order valence-electron chi connectivity index (χ3n) is 3.90. The molecule has 2 aromatic heterocycles. The standard InChI is InChI=1S/C16H15N3S/c1-9-5-7-10(8-6-9)15-18-14(17)13-11-3-2-4-12(11)20-16(13)19-15/h5-8H,2-4H2,1H3,(H2,17,18,19). The summed E-state index contributed by atoms with van der Waals surface area (Å²) in [5, 5.41) is 1.10. The first kappa shape index (κ1) is 11.9. The van der Waals surface area contributed by atoms with Crippen molar-refractivity contribution in [2.45, 2.75) is 26.2 Å². The lowest BCUT2D eigenvalue weighted by atomic mass is 10.1. The van der Waals surface area contributed by atoms with Crippen molar-refractivity contribution in [2.24, 2.45) is 0 Å². The number of thiophene rings is 1. The van der Waals surface area contributed by atoms with Gasteiger partial charge in [0, 0.05) is 10.4 Å². The maximum atomic E-state index is 6.20. The predicted octanol–water partition coefficient (Wildman–Crippen LogP) is 3.74.